The number of halogens is 1. The van der Waals surface area contributed by atoms with Crippen LogP contribution in [0.4, 0.5) is 0 Å². The molecule has 1 amide bonds. The first-order valence-corrected chi connectivity index (χ1v) is 7.20. The molecule has 0 aliphatic carbocycles. The molecule has 1 aliphatic heterocycles. The lowest BCUT2D eigenvalue weighted by Crippen LogP contribution is -2.49. The molecule has 1 saturated heterocycles. The second kappa shape index (κ2) is 6.87. The van der Waals surface area contributed by atoms with Gasteiger partial charge in [-0.05, 0) is 13.0 Å². The van der Waals surface area contributed by atoms with Gasteiger partial charge in [0.05, 0.1) is 17.0 Å². The summed E-state index contributed by atoms with van der Waals surface area (Å²) in [5, 5.41) is 9.09. The Labute approximate surface area is 128 Å². The fraction of sp³-hybridized carbons (Fsp3) is 0.500. The summed E-state index contributed by atoms with van der Waals surface area (Å²) < 4.78 is 0. The van der Waals surface area contributed by atoms with Crippen molar-refractivity contribution in [1.29, 1.82) is 0 Å². The maximum Gasteiger partial charge on any atom is 0.304 e. The molecule has 114 valence electrons. The van der Waals surface area contributed by atoms with Crippen LogP contribution >= 0.6 is 11.6 Å². The molecule has 0 saturated carbocycles. The average molecular weight is 312 g/mol. The average Bonchev–Trinajstić information content (AvgIpc) is 2.45. The van der Waals surface area contributed by atoms with E-state index in [0.29, 0.717) is 43.3 Å². The SMILES string of the molecule is Cc1cc(Cl)c(C(=O)N2CCN(CCC(=O)O)CC2)cn1. The summed E-state index contributed by atoms with van der Waals surface area (Å²) in [4.78, 5) is 30.8. The highest BCUT2D eigenvalue weighted by Gasteiger charge is 2.24. The van der Waals surface area contributed by atoms with Gasteiger partial charge >= 0.3 is 5.97 Å². The summed E-state index contributed by atoms with van der Waals surface area (Å²) in [6.07, 6.45) is 1.64. The predicted octanol–water partition coefficient (Wildman–Crippen LogP) is 1.28. The maximum absolute atomic E-state index is 12.4. The Balaban J connectivity index is 1.92. The van der Waals surface area contributed by atoms with E-state index in [2.05, 4.69) is 4.98 Å². The van der Waals surface area contributed by atoms with Gasteiger partial charge in [-0.25, -0.2) is 0 Å². The Morgan fingerprint density at radius 3 is 2.57 bits per heavy atom. The highest BCUT2D eigenvalue weighted by molar-refractivity contribution is 6.33. The Hall–Kier alpha value is -1.66. The zero-order valence-corrected chi connectivity index (χ0v) is 12.6. The van der Waals surface area contributed by atoms with Crippen molar-refractivity contribution >= 4 is 23.5 Å². The number of piperazine rings is 1. The van der Waals surface area contributed by atoms with Crippen molar-refractivity contribution in [3.05, 3.63) is 28.5 Å². The summed E-state index contributed by atoms with van der Waals surface area (Å²) in [6, 6.07) is 1.68. The third-order valence-electron chi connectivity index (χ3n) is 3.52. The Bertz CT molecular complexity index is 542. The van der Waals surface area contributed by atoms with E-state index in [1.165, 1.54) is 6.20 Å². The van der Waals surface area contributed by atoms with Crippen molar-refractivity contribution < 1.29 is 14.7 Å². The fourth-order valence-electron chi connectivity index (χ4n) is 2.28. The van der Waals surface area contributed by atoms with Crippen LogP contribution in [0, 0.1) is 6.92 Å². The number of hydrogen-bond acceptors (Lipinski definition) is 4. The zero-order valence-electron chi connectivity index (χ0n) is 11.9. The van der Waals surface area contributed by atoms with E-state index in [4.69, 9.17) is 16.7 Å². The minimum atomic E-state index is -0.800. The molecule has 0 radical (unpaired) electrons. The molecular formula is C14H18ClN3O3. The maximum atomic E-state index is 12.4. The molecule has 2 rings (SSSR count). The lowest BCUT2D eigenvalue weighted by atomic mass is 10.2. The number of hydrogen-bond donors (Lipinski definition) is 1. The van der Waals surface area contributed by atoms with Crippen molar-refractivity contribution in [2.24, 2.45) is 0 Å². The second-order valence-corrected chi connectivity index (χ2v) is 5.49. The van der Waals surface area contributed by atoms with E-state index < -0.39 is 5.97 Å². The van der Waals surface area contributed by atoms with E-state index in [-0.39, 0.29) is 12.3 Å². The minimum absolute atomic E-state index is 0.120. The van der Waals surface area contributed by atoms with Crippen molar-refractivity contribution in [2.75, 3.05) is 32.7 Å². The largest absolute Gasteiger partial charge is 0.481 e. The lowest BCUT2D eigenvalue weighted by molar-refractivity contribution is -0.137. The fourth-order valence-corrected chi connectivity index (χ4v) is 2.57. The third-order valence-corrected chi connectivity index (χ3v) is 3.83. The van der Waals surface area contributed by atoms with Crippen molar-refractivity contribution in [1.82, 2.24) is 14.8 Å². The molecule has 0 bridgehead atoms. The molecule has 0 atom stereocenters. The summed E-state index contributed by atoms with van der Waals surface area (Å²) in [5.41, 5.74) is 1.19. The van der Waals surface area contributed by atoms with Crippen LogP contribution in [0.2, 0.25) is 5.02 Å². The standard InChI is InChI=1S/C14H18ClN3O3/c1-10-8-12(15)11(9-16-10)14(21)18-6-4-17(5-7-18)3-2-13(19)20/h8-9H,2-7H2,1H3,(H,19,20). The molecule has 1 N–H and O–H groups in total. The first-order chi connectivity index (χ1) is 9.97. The summed E-state index contributed by atoms with van der Waals surface area (Å²) >= 11 is 6.09. The number of amides is 1. The Morgan fingerprint density at radius 1 is 1.33 bits per heavy atom. The van der Waals surface area contributed by atoms with Crippen LogP contribution in [0.5, 0.6) is 0 Å². The number of carboxylic acid groups (broad SMARTS) is 1. The van der Waals surface area contributed by atoms with E-state index in [1.54, 1.807) is 11.0 Å². The van der Waals surface area contributed by atoms with Gasteiger partial charge in [0.15, 0.2) is 0 Å². The summed E-state index contributed by atoms with van der Waals surface area (Å²) in [6.45, 7) is 4.84. The van der Waals surface area contributed by atoms with Crippen LogP contribution in [-0.2, 0) is 4.79 Å². The molecule has 0 spiro atoms. The van der Waals surface area contributed by atoms with Crippen molar-refractivity contribution in [2.45, 2.75) is 13.3 Å². The van der Waals surface area contributed by atoms with Crippen LogP contribution in [-0.4, -0.2) is 64.5 Å². The smallest absolute Gasteiger partial charge is 0.304 e. The number of carbonyl (C=O) groups excluding carboxylic acids is 1. The van der Waals surface area contributed by atoms with Crippen LogP contribution in [0.3, 0.4) is 0 Å². The normalized spacial score (nSPS) is 16.0. The van der Waals surface area contributed by atoms with Crippen LogP contribution in [0.15, 0.2) is 12.3 Å². The number of nitrogens with zero attached hydrogens (tertiary/aromatic N) is 3. The van der Waals surface area contributed by atoms with Gasteiger partial charge in [-0.3, -0.25) is 19.5 Å². The van der Waals surface area contributed by atoms with Gasteiger partial charge in [0.25, 0.3) is 5.91 Å². The molecule has 2 heterocycles. The number of pyridine rings is 1. The van der Waals surface area contributed by atoms with Crippen LogP contribution < -0.4 is 0 Å². The molecular weight excluding hydrogens is 294 g/mol. The monoisotopic (exact) mass is 311 g/mol. The van der Waals surface area contributed by atoms with Crippen molar-refractivity contribution in [3.8, 4) is 0 Å². The van der Waals surface area contributed by atoms with Gasteiger partial charge in [0.2, 0.25) is 0 Å². The lowest BCUT2D eigenvalue weighted by Gasteiger charge is -2.34. The highest BCUT2D eigenvalue weighted by atomic mass is 35.5. The first-order valence-electron chi connectivity index (χ1n) is 6.83. The molecule has 1 fully saturated rings. The molecule has 7 heteroatoms. The van der Waals surface area contributed by atoms with Gasteiger partial charge in [-0.2, -0.15) is 0 Å². The zero-order chi connectivity index (χ0) is 15.4. The molecule has 0 aromatic carbocycles. The van der Waals surface area contributed by atoms with Gasteiger partial charge in [-0.15, -0.1) is 0 Å². The van der Waals surface area contributed by atoms with E-state index in [0.717, 1.165) is 5.69 Å². The van der Waals surface area contributed by atoms with Gasteiger partial charge in [0, 0.05) is 44.6 Å². The first kappa shape index (κ1) is 15.7. The third kappa shape index (κ3) is 4.15. The number of carboxylic acids is 1. The number of aromatic nitrogens is 1. The number of aryl methyl sites for hydroxylation is 1. The van der Waals surface area contributed by atoms with Crippen molar-refractivity contribution in [3.63, 3.8) is 0 Å². The Morgan fingerprint density at radius 2 is 2.00 bits per heavy atom. The number of aliphatic carboxylic acids is 1. The molecule has 1 aliphatic rings. The highest BCUT2D eigenvalue weighted by Crippen LogP contribution is 2.18. The van der Waals surface area contributed by atoms with E-state index in [9.17, 15) is 9.59 Å². The quantitative estimate of drug-likeness (QED) is 0.906. The molecule has 21 heavy (non-hydrogen) atoms. The topological polar surface area (TPSA) is 73.7 Å². The van der Waals surface area contributed by atoms with E-state index in [1.807, 2.05) is 11.8 Å². The minimum Gasteiger partial charge on any atom is -0.481 e. The number of carbonyl (C=O) groups is 2. The molecule has 1 aromatic heterocycles. The second-order valence-electron chi connectivity index (χ2n) is 5.08. The molecule has 0 unspecified atom stereocenters. The van der Waals surface area contributed by atoms with Gasteiger partial charge < -0.3 is 10.0 Å². The summed E-state index contributed by atoms with van der Waals surface area (Å²) in [5.74, 6) is -0.920. The van der Waals surface area contributed by atoms with Crippen LogP contribution in [0.25, 0.3) is 0 Å². The van der Waals surface area contributed by atoms with E-state index >= 15 is 0 Å². The van der Waals surface area contributed by atoms with Crippen LogP contribution in [0.1, 0.15) is 22.5 Å². The predicted molar refractivity (Wildman–Crippen MR) is 78.6 cm³/mol. The molecule has 1 aromatic rings. The Kier molecular flexibility index (Phi) is 5.14. The number of rotatable bonds is 4. The summed E-state index contributed by atoms with van der Waals surface area (Å²) in [7, 11) is 0. The van der Waals surface area contributed by atoms with Gasteiger partial charge in [0.1, 0.15) is 0 Å². The molecule has 6 nitrogen and oxygen atoms in total. The van der Waals surface area contributed by atoms with Gasteiger partial charge in [-0.1, -0.05) is 11.6 Å².